The monoisotopic (exact) mass is 322 g/mol. The zero-order valence-electron chi connectivity index (χ0n) is 14.5. The van der Waals surface area contributed by atoms with E-state index in [2.05, 4.69) is 10.6 Å². The van der Waals surface area contributed by atoms with Gasteiger partial charge < -0.3 is 20.1 Å². The van der Waals surface area contributed by atoms with Crippen molar-refractivity contribution in [2.24, 2.45) is 5.41 Å². The van der Waals surface area contributed by atoms with Crippen LogP contribution in [0.1, 0.15) is 33.6 Å². The molecule has 0 heterocycles. The van der Waals surface area contributed by atoms with Crippen molar-refractivity contribution in [2.75, 3.05) is 26.1 Å². The largest absolute Gasteiger partial charge is 0.497 e. The van der Waals surface area contributed by atoms with Gasteiger partial charge >= 0.3 is 0 Å². The Hall–Kier alpha value is -2.24. The summed E-state index contributed by atoms with van der Waals surface area (Å²) in [6.07, 6.45) is 0.880. The van der Waals surface area contributed by atoms with Crippen LogP contribution in [0.5, 0.6) is 11.5 Å². The Bertz CT molecular complexity index is 550. The topological polar surface area (TPSA) is 76.7 Å². The molecule has 0 bridgehead atoms. The van der Waals surface area contributed by atoms with E-state index in [1.54, 1.807) is 32.4 Å². The Morgan fingerprint density at radius 1 is 1.13 bits per heavy atom. The molecule has 1 rings (SSSR count). The highest BCUT2D eigenvalue weighted by Crippen LogP contribution is 2.28. The van der Waals surface area contributed by atoms with Crippen molar-refractivity contribution in [2.45, 2.75) is 33.6 Å². The molecule has 0 unspecified atom stereocenters. The molecular formula is C17H26N2O4. The molecule has 0 aliphatic carbocycles. The molecule has 0 spiro atoms. The molecule has 0 atom stereocenters. The molecule has 128 valence electrons. The van der Waals surface area contributed by atoms with Gasteiger partial charge in [-0.3, -0.25) is 9.59 Å². The number of methoxy groups -OCH3 is 2. The average molecular weight is 322 g/mol. The number of hydrogen-bond acceptors (Lipinski definition) is 4. The number of anilines is 1. The molecule has 0 radical (unpaired) electrons. The highest BCUT2D eigenvalue weighted by atomic mass is 16.5. The first-order valence-corrected chi connectivity index (χ1v) is 7.58. The third-order valence-corrected chi connectivity index (χ3v) is 3.23. The molecule has 23 heavy (non-hydrogen) atoms. The van der Waals surface area contributed by atoms with Crippen molar-refractivity contribution in [3.8, 4) is 11.5 Å². The van der Waals surface area contributed by atoms with E-state index in [1.165, 1.54) is 0 Å². The maximum Gasteiger partial charge on any atom is 0.225 e. The predicted octanol–water partition coefficient (Wildman–Crippen LogP) is 2.58. The lowest BCUT2D eigenvalue weighted by Crippen LogP contribution is -2.35. The third kappa shape index (κ3) is 6.18. The van der Waals surface area contributed by atoms with E-state index in [-0.39, 0.29) is 11.8 Å². The van der Waals surface area contributed by atoms with Gasteiger partial charge in [-0.15, -0.1) is 0 Å². The minimum atomic E-state index is -0.420. The number of rotatable bonds is 7. The van der Waals surface area contributed by atoms with E-state index >= 15 is 0 Å². The second-order valence-electron chi connectivity index (χ2n) is 6.22. The fourth-order valence-electron chi connectivity index (χ4n) is 1.84. The lowest BCUT2D eigenvalue weighted by atomic mass is 9.96. The van der Waals surface area contributed by atoms with E-state index in [1.807, 2.05) is 20.8 Å². The van der Waals surface area contributed by atoms with Gasteiger partial charge in [-0.2, -0.15) is 0 Å². The van der Waals surface area contributed by atoms with Gasteiger partial charge in [0, 0.05) is 24.4 Å². The van der Waals surface area contributed by atoms with Gasteiger partial charge in [0.15, 0.2) is 0 Å². The van der Waals surface area contributed by atoms with E-state index in [9.17, 15) is 9.59 Å². The van der Waals surface area contributed by atoms with Crippen molar-refractivity contribution < 1.29 is 19.1 Å². The van der Waals surface area contributed by atoms with Gasteiger partial charge in [-0.1, -0.05) is 20.8 Å². The van der Waals surface area contributed by atoms with Crippen LogP contribution in [0.2, 0.25) is 0 Å². The van der Waals surface area contributed by atoms with Crippen LogP contribution in [0.15, 0.2) is 18.2 Å². The summed E-state index contributed by atoms with van der Waals surface area (Å²) < 4.78 is 10.4. The SMILES string of the molecule is COc1ccc(OC)c(NC(=O)CCCNC(=O)C(C)(C)C)c1. The van der Waals surface area contributed by atoms with Crippen molar-refractivity contribution >= 4 is 17.5 Å². The molecular weight excluding hydrogens is 296 g/mol. The van der Waals surface area contributed by atoms with Crippen LogP contribution in [-0.2, 0) is 9.59 Å². The number of hydrogen-bond donors (Lipinski definition) is 2. The van der Waals surface area contributed by atoms with Crippen molar-refractivity contribution in [1.82, 2.24) is 5.32 Å². The van der Waals surface area contributed by atoms with Crippen molar-refractivity contribution in [3.63, 3.8) is 0 Å². The molecule has 6 nitrogen and oxygen atoms in total. The summed E-state index contributed by atoms with van der Waals surface area (Å²) in [6, 6.07) is 5.20. The molecule has 1 aromatic rings. The number of carbonyl (C=O) groups excluding carboxylic acids is 2. The second kappa shape index (κ2) is 8.41. The van der Waals surface area contributed by atoms with Gasteiger partial charge in [0.2, 0.25) is 11.8 Å². The first-order chi connectivity index (χ1) is 10.8. The highest BCUT2D eigenvalue weighted by Gasteiger charge is 2.20. The summed E-state index contributed by atoms with van der Waals surface area (Å²) >= 11 is 0. The van der Waals surface area contributed by atoms with Gasteiger partial charge in [-0.05, 0) is 18.6 Å². The van der Waals surface area contributed by atoms with E-state index in [0.29, 0.717) is 36.6 Å². The standard InChI is InChI=1S/C17H26N2O4/c1-17(2,3)16(21)18-10-6-7-15(20)19-13-11-12(22-4)8-9-14(13)23-5/h8-9,11H,6-7,10H2,1-5H3,(H,18,21)(H,19,20). The molecule has 0 aromatic heterocycles. The molecule has 0 fully saturated rings. The molecule has 1 aromatic carbocycles. The van der Waals surface area contributed by atoms with Crippen LogP contribution >= 0.6 is 0 Å². The van der Waals surface area contributed by atoms with Crippen LogP contribution in [-0.4, -0.2) is 32.6 Å². The summed E-state index contributed by atoms with van der Waals surface area (Å²) in [7, 11) is 3.10. The van der Waals surface area contributed by atoms with Gasteiger partial charge in [0.1, 0.15) is 11.5 Å². The zero-order valence-corrected chi connectivity index (χ0v) is 14.5. The van der Waals surface area contributed by atoms with Crippen LogP contribution in [0.3, 0.4) is 0 Å². The van der Waals surface area contributed by atoms with Gasteiger partial charge in [0.05, 0.1) is 19.9 Å². The highest BCUT2D eigenvalue weighted by molar-refractivity contribution is 5.92. The molecule has 2 amide bonds. The summed E-state index contributed by atoms with van der Waals surface area (Å²) in [5, 5.41) is 5.62. The second-order valence-corrected chi connectivity index (χ2v) is 6.22. The fourth-order valence-corrected chi connectivity index (χ4v) is 1.84. The van der Waals surface area contributed by atoms with E-state index in [4.69, 9.17) is 9.47 Å². The molecule has 0 saturated carbocycles. The number of benzene rings is 1. The summed E-state index contributed by atoms with van der Waals surface area (Å²) in [5.74, 6) is 1.05. The maximum absolute atomic E-state index is 12.0. The quantitative estimate of drug-likeness (QED) is 0.757. The summed E-state index contributed by atoms with van der Waals surface area (Å²) in [5.41, 5.74) is 0.145. The molecule has 0 saturated heterocycles. The minimum Gasteiger partial charge on any atom is -0.497 e. The number of ether oxygens (including phenoxy) is 2. The Morgan fingerprint density at radius 2 is 1.83 bits per heavy atom. The summed E-state index contributed by atoms with van der Waals surface area (Å²) in [6.45, 7) is 6.02. The number of nitrogens with one attached hydrogen (secondary N) is 2. The molecule has 2 N–H and O–H groups in total. The maximum atomic E-state index is 12.0. The normalized spacial score (nSPS) is 10.8. The van der Waals surface area contributed by atoms with E-state index < -0.39 is 5.41 Å². The Balaban J connectivity index is 2.47. The van der Waals surface area contributed by atoms with Crippen molar-refractivity contribution in [1.29, 1.82) is 0 Å². The third-order valence-electron chi connectivity index (χ3n) is 3.23. The first kappa shape index (κ1) is 18.8. The molecule has 0 aliphatic heterocycles. The Morgan fingerprint density at radius 3 is 2.39 bits per heavy atom. The summed E-state index contributed by atoms with van der Waals surface area (Å²) in [4.78, 5) is 23.7. The van der Waals surface area contributed by atoms with Crippen LogP contribution in [0.25, 0.3) is 0 Å². The smallest absolute Gasteiger partial charge is 0.225 e. The van der Waals surface area contributed by atoms with Gasteiger partial charge in [-0.25, -0.2) is 0 Å². The Labute approximate surface area is 137 Å². The van der Waals surface area contributed by atoms with Gasteiger partial charge in [0.25, 0.3) is 0 Å². The number of carbonyl (C=O) groups is 2. The van der Waals surface area contributed by atoms with E-state index in [0.717, 1.165) is 0 Å². The lowest BCUT2D eigenvalue weighted by Gasteiger charge is -2.17. The lowest BCUT2D eigenvalue weighted by molar-refractivity contribution is -0.128. The van der Waals surface area contributed by atoms with Crippen LogP contribution in [0, 0.1) is 5.41 Å². The van der Waals surface area contributed by atoms with Crippen LogP contribution in [0.4, 0.5) is 5.69 Å². The zero-order chi connectivity index (χ0) is 17.5. The first-order valence-electron chi connectivity index (χ1n) is 7.58. The average Bonchev–Trinajstić information content (AvgIpc) is 2.50. The van der Waals surface area contributed by atoms with Crippen molar-refractivity contribution in [3.05, 3.63) is 18.2 Å². The fraction of sp³-hybridized carbons (Fsp3) is 0.529. The van der Waals surface area contributed by atoms with Crippen LogP contribution < -0.4 is 20.1 Å². The minimum absolute atomic E-state index is 0.0210. The predicted molar refractivity (Wildman–Crippen MR) is 89.9 cm³/mol. The Kier molecular flexibility index (Phi) is 6.88. The molecule has 0 aliphatic rings. The number of amides is 2. The molecule has 6 heteroatoms.